The second kappa shape index (κ2) is 5.85. The van der Waals surface area contributed by atoms with Crippen molar-refractivity contribution in [3.05, 3.63) is 5.69 Å². The summed E-state index contributed by atoms with van der Waals surface area (Å²) < 4.78 is 1.91. The van der Waals surface area contributed by atoms with E-state index in [0.29, 0.717) is 6.04 Å². The minimum atomic E-state index is 0.533. The van der Waals surface area contributed by atoms with Crippen molar-refractivity contribution in [2.75, 3.05) is 11.1 Å². The van der Waals surface area contributed by atoms with Crippen LogP contribution in [0.2, 0.25) is 0 Å². The molecule has 1 saturated carbocycles. The highest BCUT2D eigenvalue weighted by molar-refractivity contribution is 5.65. The van der Waals surface area contributed by atoms with Gasteiger partial charge in [0.2, 0.25) is 0 Å². The molecule has 0 aromatic carbocycles. The second-order valence-electron chi connectivity index (χ2n) is 6.34. The van der Waals surface area contributed by atoms with Crippen LogP contribution in [0.3, 0.4) is 0 Å². The third-order valence-corrected chi connectivity index (χ3v) is 4.17. The van der Waals surface area contributed by atoms with Crippen LogP contribution in [0.4, 0.5) is 11.5 Å². The monoisotopic (exact) mass is 264 g/mol. The van der Waals surface area contributed by atoms with Crippen molar-refractivity contribution in [3.8, 4) is 0 Å². The first kappa shape index (κ1) is 14.2. The zero-order valence-electron chi connectivity index (χ0n) is 12.7. The van der Waals surface area contributed by atoms with E-state index in [2.05, 4.69) is 31.2 Å². The summed E-state index contributed by atoms with van der Waals surface area (Å²) in [7, 11) is 1.98. The molecule has 2 rings (SSSR count). The number of nitrogens with zero attached hydrogens (tertiary/aromatic N) is 2. The number of hydrogen-bond acceptors (Lipinski definition) is 3. The Hall–Kier alpha value is -1.19. The van der Waals surface area contributed by atoms with Gasteiger partial charge >= 0.3 is 0 Å². The molecule has 1 aliphatic carbocycles. The van der Waals surface area contributed by atoms with Gasteiger partial charge in [0.1, 0.15) is 5.82 Å². The number of nitrogen functional groups attached to an aromatic ring is 1. The van der Waals surface area contributed by atoms with Gasteiger partial charge in [0, 0.05) is 13.1 Å². The number of hydrogen-bond donors (Lipinski definition) is 2. The SMILES string of the molecule is CCCc1nn(C)c(NC2CC(C)CC(C)C2)c1N. The van der Waals surface area contributed by atoms with Crippen LogP contribution in [-0.2, 0) is 13.5 Å². The van der Waals surface area contributed by atoms with Crippen molar-refractivity contribution in [2.24, 2.45) is 18.9 Å². The predicted molar refractivity (Wildman–Crippen MR) is 81.2 cm³/mol. The molecule has 1 aromatic rings. The fraction of sp³-hybridized carbons (Fsp3) is 0.800. The first-order valence-corrected chi connectivity index (χ1v) is 7.59. The standard InChI is InChI=1S/C15H28N4/c1-5-6-13-14(16)15(19(4)18-13)17-12-8-10(2)7-11(3)9-12/h10-12,17H,5-9,16H2,1-4H3. The van der Waals surface area contributed by atoms with E-state index in [1.165, 1.54) is 19.3 Å². The van der Waals surface area contributed by atoms with Gasteiger partial charge < -0.3 is 11.1 Å². The van der Waals surface area contributed by atoms with Crippen molar-refractivity contribution >= 4 is 11.5 Å². The molecule has 4 nitrogen and oxygen atoms in total. The molecule has 1 aromatic heterocycles. The first-order valence-electron chi connectivity index (χ1n) is 7.59. The van der Waals surface area contributed by atoms with Gasteiger partial charge in [-0.2, -0.15) is 5.10 Å². The maximum atomic E-state index is 6.23. The Bertz CT molecular complexity index is 414. The minimum Gasteiger partial charge on any atom is -0.394 e. The van der Waals surface area contributed by atoms with E-state index >= 15 is 0 Å². The van der Waals surface area contributed by atoms with Gasteiger partial charge in [-0.25, -0.2) is 0 Å². The molecule has 2 unspecified atom stereocenters. The molecule has 0 spiro atoms. The average Bonchev–Trinajstić information content (AvgIpc) is 2.56. The molecule has 2 atom stereocenters. The Labute approximate surface area is 116 Å². The molecule has 108 valence electrons. The van der Waals surface area contributed by atoms with Crippen molar-refractivity contribution in [1.82, 2.24) is 9.78 Å². The quantitative estimate of drug-likeness (QED) is 0.878. The molecule has 3 N–H and O–H groups in total. The average molecular weight is 264 g/mol. The summed E-state index contributed by atoms with van der Waals surface area (Å²) in [4.78, 5) is 0. The van der Waals surface area contributed by atoms with Crippen molar-refractivity contribution in [2.45, 2.75) is 58.9 Å². The summed E-state index contributed by atoms with van der Waals surface area (Å²) in [6.45, 7) is 6.85. The van der Waals surface area contributed by atoms with Gasteiger partial charge in [-0.05, 0) is 37.5 Å². The molecule has 4 heteroatoms. The Balaban J connectivity index is 2.10. The fourth-order valence-corrected chi connectivity index (χ4v) is 3.45. The highest BCUT2D eigenvalue weighted by Crippen LogP contribution is 2.32. The smallest absolute Gasteiger partial charge is 0.147 e. The third kappa shape index (κ3) is 3.23. The molecule has 1 fully saturated rings. The van der Waals surface area contributed by atoms with Crippen LogP contribution in [0.25, 0.3) is 0 Å². The van der Waals surface area contributed by atoms with Crippen LogP contribution in [0.15, 0.2) is 0 Å². The first-order chi connectivity index (χ1) is 9.01. The zero-order chi connectivity index (χ0) is 14.0. The molecule has 1 heterocycles. The molecular formula is C15H28N4. The normalized spacial score (nSPS) is 27.5. The number of nitrogens with one attached hydrogen (secondary N) is 1. The van der Waals surface area contributed by atoms with E-state index in [1.807, 2.05) is 11.7 Å². The lowest BCUT2D eigenvalue weighted by Crippen LogP contribution is -2.31. The van der Waals surface area contributed by atoms with E-state index in [4.69, 9.17) is 5.73 Å². The Morgan fingerprint density at radius 3 is 2.47 bits per heavy atom. The second-order valence-corrected chi connectivity index (χ2v) is 6.34. The largest absolute Gasteiger partial charge is 0.394 e. The maximum absolute atomic E-state index is 6.23. The molecule has 0 saturated heterocycles. The van der Waals surface area contributed by atoms with E-state index < -0.39 is 0 Å². The van der Waals surface area contributed by atoms with Crippen LogP contribution in [0.1, 0.15) is 52.1 Å². The van der Waals surface area contributed by atoms with Crippen LogP contribution < -0.4 is 11.1 Å². The van der Waals surface area contributed by atoms with Crippen LogP contribution in [0, 0.1) is 11.8 Å². The number of aromatic nitrogens is 2. The zero-order valence-corrected chi connectivity index (χ0v) is 12.7. The van der Waals surface area contributed by atoms with Gasteiger partial charge in [0.15, 0.2) is 0 Å². The van der Waals surface area contributed by atoms with E-state index in [0.717, 1.165) is 41.9 Å². The topological polar surface area (TPSA) is 55.9 Å². The van der Waals surface area contributed by atoms with Crippen LogP contribution in [0.5, 0.6) is 0 Å². The highest BCUT2D eigenvalue weighted by atomic mass is 15.3. The fourth-order valence-electron chi connectivity index (χ4n) is 3.45. The highest BCUT2D eigenvalue weighted by Gasteiger charge is 2.25. The Morgan fingerprint density at radius 2 is 1.89 bits per heavy atom. The van der Waals surface area contributed by atoms with Gasteiger partial charge in [0.25, 0.3) is 0 Å². The van der Waals surface area contributed by atoms with E-state index in [1.54, 1.807) is 0 Å². The van der Waals surface area contributed by atoms with E-state index in [9.17, 15) is 0 Å². The molecular weight excluding hydrogens is 236 g/mol. The number of rotatable bonds is 4. The van der Waals surface area contributed by atoms with Crippen molar-refractivity contribution in [3.63, 3.8) is 0 Å². The maximum Gasteiger partial charge on any atom is 0.147 e. The number of nitrogens with two attached hydrogens (primary N) is 1. The summed E-state index contributed by atoms with van der Waals surface area (Å²) in [5.74, 6) is 2.60. The molecule has 1 aliphatic rings. The van der Waals surface area contributed by atoms with Crippen LogP contribution in [-0.4, -0.2) is 15.8 Å². The Kier molecular flexibility index (Phi) is 4.38. The van der Waals surface area contributed by atoms with Gasteiger partial charge in [-0.1, -0.05) is 27.2 Å². The van der Waals surface area contributed by atoms with Gasteiger partial charge in [-0.15, -0.1) is 0 Å². The molecule has 0 bridgehead atoms. The molecule has 19 heavy (non-hydrogen) atoms. The lowest BCUT2D eigenvalue weighted by molar-refractivity contribution is 0.280. The van der Waals surface area contributed by atoms with Gasteiger partial charge in [0.05, 0.1) is 11.4 Å². The van der Waals surface area contributed by atoms with Gasteiger partial charge in [-0.3, -0.25) is 4.68 Å². The predicted octanol–water partition coefficient (Wildman–Crippen LogP) is 3.19. The Morgan fingerprint density at radius 1 is 1.26 bits per heavy atom. The number of aryl methyl sites for hydroxylation is 2. The lowest BCUT2D eigenvalue weighted by Gasteiger charge is -2.32. The van der Waals surface area contributed by atoms with Crippen LogP contribution >= 0.6 is 0 Å². The third-order valence-electron chi connectivity index (χ3n) is 4.17. The molecule has 0 amide bonds. The molecule has 0 radical (unpaired) electrons. The van der Waals surface area contributed by atoms with E-state index in [-0.39, 0.29) is 0 Å². The summed E-state index contributed by atoms with van der Waals surface area (Å²) in [6, 6.07) is 0.533. The molecule has 0 aliphatic heterocycles. The summed E-state index contributed by atoms with van der Waals surface area (Å²) in [5, 5.41) is 8.17. The number of anilines is 2. The van der Waals surface area contributed by atoms with Crippen molar-refractivity contribution in [1.29, 1.82) is 0 Å². The summed E-state index contributed by atoms with van der Waals surface area (Å²) in [6.07, 6.45) is 5.85. The lowest BCUT2D eigenvalue weighted by atomic mass is 9.80. The minimum absolute atomic E-state index is 0.533. The van der Waals surface area contributed by atoms with Crippen molar-refractivity contribution < 1.29 is 0 Å². The summed E-state index contributed by atoms with van der Waals surface area (Å²) in [5.41, 5.74) is 8.11. The summed E-state index contributed by atoms with van der Waals surface area (Å²) >= 11 is 0.